The number of hydrogen-bond acceptors (Lipinski definition) is 2. The Balaban J connectivity index is 1.81. The van der Waals surface area contributed by atoms with Gasteiger partial charge in [-0.15, -0.1) is 0 Å². The maximum atomic E-state index is 6.95. The molecule has 6 rings (SSSR count). The van der Waals surface area contributed by atoms with Gasteiger partial charge in [-0.05, 0) is 18.2 Å². The molecule has 0 saturated carbocycles. The lowest BCUT2D eigenvalue weighted by atomic mass is 9.40. The summed E-state index contributed by atoms with van der Waals surface area (Å²) in [6.45, 7) is -1.79. The first kappa shape index (κ1) is 16.2. The molecule has 1 aliphatic rings. The van der Waals surface area contributed by atoms with Gasteiger partial charge in [0, 0.05) is 6.07 Å². The zero-order valence-corrected chi connectivity index (χ0v) is 15.7. The van der Waals surface area contributed by atoms with Crippen LogP contribution in [0.5, 0.6) is 5.75 Å². The van der Waals surface area contributed by atoms with Gasteiger partial charge in [-0.1, -0.05) is 95.9 Å². The summed E-state index contributed by atoms with van der Waals surface area (Å²) in [6, 6.07) is 37.1. The van der Waals surface area contributed by atoms with E-state index in [1.807, 2.05) is 48.5 Å². The van der Waals surface area contributed by atoms with Crippen LogP contribution in [-0.4, -0.2) is 6.48 Å². The Morgan fingerprint density at radius 1 is 0.586 bits per heavy atom. The Morgan fingerprint density at radius 3 is 1.90 bits per heavy atom. The van der Waals surface area contributed by atoms with Crippen LogP contribution >= 0.6 is 0 Å². The summed E-state index contributed by atoms with van der Waals surface area (Å²) < 4.78 is 15.6. The summed E-state index contributed by atoms with van der Waals surface area (Å²) in [6.07, 6.45) is 0. The monoisotopic (exact) mass is 375 g/mol. The Kier molecular flexibility index (Phi) is 3.41. The van der Waals surface area contributed by atoms with Crippen LogP contribution in [0.1, 0.15) is 0 Å². The SMILES string of the molecule is c1ccc([B-]2(c3ccccc3)Oc3ccccc3-c3oc4ccccc4[n+]32)cc1. The van der Waals surface area contributed by atoms with Gasteiger partial charge in [-0.3, -0.25) is 0 Å². The summed E-state index contributed by atoms with van der Waals surface area (Å²) in [5, 5.41) is 0. The molecule has 0 N–H and O–H groups in total. The van der Waals surface area contributed by atoms with Gasteiger partial charge in [0.1, 0.15) is 5.56 Å². The molecule has 138 valence electrons. The molecular formula is C25H18BNO2. The average Bonchev–Trinajstić information content (AvgIpc) is 3.20. The van der Waals surface area contributed by atoms with E-state index in [4.69, 9.17) is 9.07 Å². The Labute approximate surface area is 168 Å². The van der Waals surface area contributed by atoms with E-state index >= 15 is 0 Å². The molecule has 0 amide bonds. The molecule has 1 aliphatic heterocycles. The molecule has 5 aromatic rings. The highest BCUT2D eigenvalue weighted by Gasteiger charge is 2.52. The fraction of sp³-hybridized carbons (Fsp3) is 0. The number of fused-ring (bicyclic) bond motifs is 5. The first-order valence-corrected chi connectivity index (χ1v) is 9.86. The molecule has 0 aliphatic carbocycles. The van der Waals surface area contributed by atoms with Crippen molar-refractivity contribution in [2.24, 2.45) is 0 Å². The van der Waals surface area contributed by atoms with E-state index in [9.17, 15) is 0 Å². The average molecular weight is 375 g/mol. The third-order valence-electron chi connectivity index (χ3n) is 5.83. The lowest BCUT2D eigenvalue weighted by molar-refractivity contribution is -0.518. The van der Waals surface area contributed by atoms with E-state index in [2.05, 4.69) is 65.1 Å². The molecule has 2 heterocycles. The van der Waals surface area contributed by atoms with Crippen LogP contribution in [0.2, 0.25) is 0 Å². The number of benzene rings is 4. The maximum Gasteiger partial charge on any atom is 0.516 e. The molecule has 0 unspecified atom stereocenters. The van der Waals surface area contributed by atoms with E-state index in [1.165, 1.54) is 0 Å². The van der Waals surface area contributed by atoms with E-state index in [0.29, 0.717) is 0 Å². The third kappa shape index (κ3) is 2.23. The number of para-hydroxylation sites is 3. The number of hydrogen-bond donors (Lipinski definition) is 0. The quantitative estimate of drug-likeness (QED) is 0.438. The van der Waals surface area contributed by atoms with Gasteiger partial charge in [0.15, 0.2) is 5.58 Å². The molecule has 0 bridgehead atoms. The van der Waals surface area contributed by atoms with Gasteiger partial charge < -0.3 is 13.5 Å². The van der Waals surface area contributed by atoms with Crippen LogP contribution in [-0.2, 0) is 0 Å². The minimum atomic E-state index is -1.79. The fourth-order valence-corrected chi connectivity index (χ4v) is 4.59. The summed E-state index contributed by atoms with van der Waals surface area (Å²) in [5.74, 6) is 1.65. The summed E-state index contributed by atoms with van der Waals surface area (Å²) in [7, 11) is 0. The van der Waals surface area contributed by atoms with Gasteiger partial charge in [-0.25, -0.2) is 0 Å². The van der Waals surface area contributed by atoms with Crippen molar-refractivity contribution in [2.45, 2.75) is 0 Å². The van der Waals surface area contributed by atoms with Crippen molar-refractivity contribution in [3.63, 3.8) is 0 Å². The topological polar surface area (TPSA) is 26.2 Å². The standard InChI is InChI=1S/C25H18BNO2/c1-3-11-19(12-4-1)26(20-13-5-2-6-14-20)27-22-16-8-10-18-24(22)28-25(27)21-15-7-9-17-23(21)29-26/h1-18H. The van der Waals surface area contributed by atoms with Crippen LogP contribution in [0.25, 0.3) is 22.6 Å². The normalized spacial score (nSPS) is 14.1. The van der Waals surface area contributed by atoms with Crippen molar-refractivity contribution in [2.75, 3.05) is 0 Å². The van der Waals surface area contributed by atoms with Crippen molar-refractivity contribution in [1.82, 2.24) is 0 Å². The van der Waals surface area contributed by atoms with Crippen LogP contribution in [0.3, 0.4) is 0 Å². The molecule has 3 nitrogen and oxygen atoms in total. The third-order valence-corrected chi connectivity index (χ3v) is 5.83. The van der Waals surface area contributed by atoms with Crippen LogP contribution in [0, 0.1) is 0 Å². The molecule has 0 spiro atoms. The molecule has 4 heteroatoms. The zero-order chi connectivity index (χ0) is 19.3. The lowest BCUT2D eigenvalue weighted by Gasteiger charge is -2.39. The maximum absolute atomic E-state index is 6.95. The first-order chi connectivity index (χ1) is 14.4. The highest BCUT2D eigenvalue weighted by atomic mass is 16.5. The minimum absolute atomic E-state index is 0.820. The highest BCUT2D eigenvalue weighted by molar-refractivity contribution is 6.91. The van der Waals surface area contributed by atoms with Crippen molar-refractivity contribution >= 4 is 28.5 Å². The smallest absolute Gasteiger partial charge is 0.516 e. The van der Waals surface area contributed by atoms with Gasteiger partial charge in [-0.2, -0.15) is 0 Å². The molecule has 0 saturated heterocycles. The van der Waals surface area contributed by atoms with Crippen LogP contribution in [0.15, 0.2) is 114 Å². The van der Waals surface area contributed by atoms with E-state index in [1.54, 1.807) is 0 Å². The lowest BCUT2D eigenvalue weighted by Crippen LogP contribution is -2.83. The second-order valence-corrected chi connectivity index (χ2v) is 7.42. The highest BCUT2D eigenvalue weighted by Crippen LogP contribution is 2.36. The van der Waals surface area contributed by atoms with Gasteiger partial charge in [0.25, 0.3) is 0 Å². The van der Waals surface area contributed by atoms with Crippen LogP contribution in [0.4, 0.5) is 0 Å². The summed E-state index contributed by atoms with van der Waals surface area (Å²) >= 11 is 0. The number of aromatic nitrogens is 1. The van der Waals surface area contributed by atoms with E-state index in [0.717, 1.165) is 39.2 Å². The van der Waals surface area contributed by atoms with Crippen molar-refractivity contribution < 1.29 is 13.5 Å². The fourth-order valence-electron chi connectivity index (χ4n) is 4.59. The Morgan fingerprint density at radius 2 is 1.17 bits per heavy atom. The van der Waals surface area contributed by atoms with Gasteiger partial charge >= 0.3 is 12.4 Å². The molecular weight excluding hydrogens is 357 g/mol. The Hall–Kier alpha value is -3.79. The van der Waals surface area contributed by atoms with Gasteiger partial charge in [0.05, 0.1) is 5.75 Å². The van der Waals surface area contributed by atoms with Gasteiger partial charge in [0.2, 0.25) is 5.52 Å². The molecule has 4 aromatic carbocycles. The molecule has 0 fully saturated rings. The number of rotatable bonds is 2. The van der Waals surface area contributed by atoms with Crippen molar-refractivity contribution in [3.05, 3.63) is 109 Å². The Bertz CT molecular complexity index is 1290. The second-order valence-electron chi connectivity index (χ2n) is 7.42. The number of oxazole rings is 1. The molecule has 1 aromatic heterocycles. The molecule has 0 radical (unpaired) electrons. The largest absolute Gasteiger partial charge is 0.650 e. The van der Waals surface area contributed by atoms with Crippen LogP contribution < -0.4 is 20.1 Å². The first-order valence-electron chi connectivity index (χ1n) is 9.86. The van der Waals surface area contributed by atoms with E-state index in [-0.39, 0.29) is 0 Å². The zero-order valence-electron chi connectivity index (χ0n) is 15.7. The number of nitrogens with zero attached hydrogens (tertiary/aromatic N) is 1. The summed E-state index contributed by atoms with van der Waals surface area (Å²) in [4.78, 5) is 0. The predicted molar refractivity (Wildman–Crippen MR) is 116 cm³/mol. The minimum Gasteiger partial charge on any atom is -0.650 e. The van der Waals surface area contributed by atoms with Crippen molar-refractivity contribution in [1.29, 1.82) is 0 Å². The second kappa shape index (κ2) is 6.11. The van der Waals surface area contributed by atoms with Crippen molar-refractivity contribution in [3.8, 4) is 17.2 Å². The predicted octanol–water partition coefficient (Wildman–Crippen LogP) is 3.88. The van der Waals surface area contributed by atoms with E-state index < -0.39 is 6.48 Å². The molecule has 0 atom stereocenters. The summed E-state index contributed by atoms with van der Waals surface area (Å²) in [5.41, 5.74) is 5.04. The molecule has 29 heavy (non-hydrogen) atoms.